The van der Waals surface area contributed by atoms with Gasteiger partial charge in [-0.2, -0.15) is 0 Å². The maximum Gasteiger partial charge on any atom is 0.127 e. The molecule has 148 valence electrons. The van der Waals surface area contributed by atoms with Crippen molar-refractivity contribution < 1.29 is 4.74 Å². The van der Waals surface area contributed by atoms with Crippen molar-refractivity contribution in [3.8, 4) is 11.5 Å². The highest BCUT2D eigenvalue weighted by molar-refractivity contribution is 5.85. The largest absolute Gasteiger partial charge is 0.457 e. The molecule has 1 aliphatic carbocycles. The molecule has 2 aromatic rings. The Bertz CT molecular complexity index is 654. The van der Waals surface area contributed by atoms with Gasteiger partial charge in [-0.1, -0.05) is 43.2 Å². The predicted octanol–water partition coefficient (Wildman–Crippen LogP) is 5.46. The van der Waals surface area contributed by atoms with Gasteiger partial charge in [0.05, 0.1) is 0 Å². The Balaban J connectivity index is 0.00000131. The number of halogens is 2. The molecule has 0 unspecified atom stereocenters. The van der Waals surface area contributed by atoms with E-state index in [-0.39, 0.29) is 24.8 Å². The first kappa shape index (κ1) is 22.0. The summed E-state index contributed by atoms with van der Waals surface area (Å²) in [5.74, 6) is 2.61. The van der Waals surface area contributed by atoms with Gasteiger partial charge in [0.1, 0.15) is 11.5 Å². The van der Waals surface area contributed by atoms with Gasteiger partial charge in [0.15, 0.2) is 0 Å². The summed E-state index contributed by atoms with van der Waals surface area (Å²) in [6.07, 6.45) is 5.53. The zero-order chi connectivity index (χ0) is 16.9. The van der Waals surface area contributed by atoms with Crippen LogP contribution in [-0.4, -0.2) is 31.1 Å². The monoisotopic (exact) mass is 408 g/mol. The van der Waals surface area contributed by atoms with E-state index in [1.165, 1.54) is 31.2 Å². The molecule has 1 saturated carbocycles. The molecule has 27 heavy (non-hydrogen) atoms. The Morgan fingerprint density at radius 2 is 1.41 bits per heavy atom. The Morgan fingerprint density at radius 1 is 0.815 bits per heavy atom. The molecule has 0 aromatic heterocycles. The maximum absolute atomic E-state index is 5.96. The van der Waals surface area contributed by atoms with Crippen LogP contribution in [0, 0.1) is 5.92 Å². The van der Waals surface area contributed by atoms with Crippen LogP contribution in [0.2, 0.25) is 0 Å². The third kappa shape index (κ3) is 5.61. The summed E-state index contributed by atoms with van der Waals surface area (Å²) in [6.45, 7) is 4.53. The molecular formula is C22H30Cl2N2O. The topological polar surface area (TPSA) is 24.5 Å². The zero-order valence-corrected chi connectivity index (χ0v) is 17.3. The first-order valence-electron chi connectivity index (χ1n) is 9.68. The number of hydrogen-bond acceptors (Lipinski definition) is 3. The lowest BCUT2D eigenvalue weighted by Gasteiger charge is -2.38. The minimum Gasteiger partial charge on any atom is -0.457 e. The van der Waals surface area contributed by atoms with Gasteiger partial charge in [0, 0.05) is 32.2 Å². The van der Waals surface area contributed by atoms with Gasteiger partial charge < -0.3 is 10.1 Å². The average Bonchev–Trinajstić information content (AvgIpc) is 3.19. The number of hydrogen-bond donors (Lipinski definition) is 1. The molecular weight excluding hydrogens is 379 g/mol. The summed E-state index contributed by atoms with van der Waals surface area (Å²) < 4.78 is 5.96. The third-order valence-corrected chi connectivity index (χ3v) is 5.59. The van der Waals surface area contributed by atoms with E-state index in [1.807, 2.05) is 30.3 Å². The number of rotatable bonds is 5. The van der Waals surface area contributed by atoms with Crippen LogP contribution in [0.1, 0.15) is 37.3 Å². The average molecular weight is 409 g/mol. The summed E-state index contributed by atoms with van der Waals surface area (Å²) in [6, 6.07) is 19.4. The fourth-order valence-electron chi connectivity index (χ4n) is 4.37. The van der Waals surface area contributed by atoms with Crippen LogP contribution >= 0.6 is 24.8 Å². The number of piperazine rings is 1. The lowest BCUT2D eigenvalue weighted by Crippen LogP contribution is -2.46. The second kappa shape index (κ2) is 10.9. The number of nitrogens with zero attached hydrogens (tertiary/aromatic N) is 1. The smallest absolute Gasteiger partial charge is 0.127 e. The molecule has 0 amide bonds. The quantitative estimate of drug-likeness (QED) is 0.710. The van der Waals surface area contributed by atoms with E-state index in [2.05, 4.69) is 34.5 Å². The van der Waals surface area contributed by atoms with Crippen LogP contribution in [0.3, 0.4) is 0 Å². The standard InChI is InChI=1S/C22H28N2O.2ClH/c1-2-8-20(9-3-1)25-21-12-10-19(11-13-21)22(18-6-4-5-7-18)24-16-14-23-15-17-24;;/h1-3,8-13,18,22-23H,4-7,14-17H2;2*1H/t22-;;/m1../s1. The summed E-state index contributed by atoms with van der Waals surface area (Å²) in [5.41, 5.74) is 1.45. The van der Waals surface area contributed by atoms with Crippen LogP contribution in [0.5, 0.6) is 11.5 Å². The zero-order valence-electron chi connectivity index (χ0n) is 15.7. The number of para-hydroxylation sites is 1. The summed E-state index contributed by atoms with van der Waals surface area (Å²) in [7, 11) is 0. The van der Waals surface area contributed by atoms with E-state index in [0.29, 0.717) is 6.04 Å². The Labute approximate surface area is 175 Å². The van der Waals surface area contributed by atoms with Gasteiger partial charge in [-0.15, -0.1) is 24.8 Å². The number of ether oxygens (including phenoxy) is 1. The first-order valence-corrected chi connectivity index (χ1v) is 9.68. The second-order valence-electron chi connectivity index (χ2n) is 7.26. The highest BCUT2D eigenvalue weighted by Gasteiger charge is 2.31. The highest BCUT2D eigenvalue weighted by atomic mass is 35.5. The van der Waals surface area contributed by atoms with Gasteiger partial charge in [0.25, 0.3) is 0 Å². The van der Waals surface area contributed by atoms with Crippen molar-refractivity contribution in [1.29, 1.82) is 0 Å². The minimum absolute atomic E-state index is 0. The highest BCUT2D eigenvalue weighted by Crippen LogP contribution is 2.40. The summed E-state index contributed by atoms with van der Waals surface area (Å²) in [5, 5.41) is 3.49. The van der Waals surface area contributed by atoms with Gasteiger partial charge in [-0.25, -0.2) is 0 Å². The lowest BCUT2D eigenvalue weighted by atomic mass is 9.89. The maximum atomic E-state index is 5.96. The second-order valence-corrected chi connectivity index (χ2v) is 7.26. The molecule has 0 spiro atoms. The molecule has 4 rings (SSSR count). The fraction of sp³-hybridized carbons (Fsp3) is 0.455. The van der Waals surface area contributed by atoms with E-state index in [4.69, 9.17) is 4.74 Å². The number of benzene rings is 2. The molecule has 2 fully saturated rings. The van der Waals surface area contributed by atoms with Crippen molar-refractivity contribution in [2.75, 3.05) is 26.2 Å². The van der Waals surface area contributed by atoms with Crippen LogP contribution in [0.4, 0.5) is 0 Å². The van der Waals surface area contributed by atoms with E-state index in [0.717, 1.165) is 43.6 Å². The normalized spacial score (nSPS) is 19.0. The van der Waals surface area contributed by atoms with E-state index < -0.39 is 0 Å². The van der Waals surface area contributed by atoms with Crippen LogP contribution in [0.15, 0.2) is 54.6 Å². The number of nitrogens with one attached hydrogen (secondary N) is 1. The van der Waals surface area contributed by atoms with Gasteiger partial charge in [0.2, 0.25) is 0 Å². The minimum atomic E-state index is 0. The fourth-order valence-corrected chi connectivity index (χ4v) is 4.37. The SMILES string of the molecule is Cl.Cl.c1ccc(Oc2ccc([C@@H](C3CCCC3)N3CCNCC3)cc2)cc1. The molecule has 0 radical (unpaired) electrons. The van der Waals surface area contributed by atoms with Crippen molar-refractivity contribution in [2.24, 2.45) is 5.92 Å². The molecule has 1 heterocycles. The van der Waals surface area contributed by atoms with Gasteiger partial charge >= 0.3 is 0 Å². The van der Waals surface area contributed by atoms with E-state index >= 15 is 0 Å². The van der Waals surface area contributed by atoms with Gasteiger partial charge in [-0.05, 0) is 48.6 Å². The van der Waals surface area contributed by atoms with E-state index in [9.17, 15) is 0 Å². The lowest BCUT2D eigenvalue weighted by molar-refractivity contribution is 0.125. The van der Waals surface area contributed by atoms with E-state index in [1.54, 1.807) is 0 Å². The third-order valence-electron chi connectivity index (χ3n) is 5.59. The Kier molecular flexibility index (Phi) is 8.91. The molecule has 5 heteroatoms. The van der Waals surface area contributed by atoms with Crippen LogP contribution in [-0.2, 0) is 0 Å². The molecule has 1 atom stereocenters. The Hall–Kier alpha value is -1.26. The van der Waals surface area contributed by atoms with Crippen molar-refractivity contribution in [1.82, 2.24) is 10.2 Å². The van der Waals surface area contributed by atoms with Crippen molar-refractivity contribution >= 4 is 24.8 Å². The van der Waals surface area contributed by atoms with Gasteiger partial charge in [-0.3, -0.25) is 4.90 Å². The molecule has 2 aliphatic rings. The molecule has 1 N–H and O–H groups in total. The molecule has 1 aliphatic heterocycles. The van der Waals surface area contributed by atoms with Crippen LogP contribution in [0.25, 0.3) is 0 Å². The van der Waals surface area contributed by atoms with Crippen LogP contribution < -0.4 is 10.1 Å². The molecule has 2 aromatic carbocycles. The summed E-state index contributed by atoms with van der Waals surface area (Å²) >= 11 is 0. The molecule has 1 saturated heterocycles. The molecule has 3 nitrogen and oxygen atoms in total. The predicted molar refractivity (Wildman–Crippen MR) is 117 cm³/mol. The van der Waals surface area contributed by atoms with Crippen molar-refractivity contribution in [2.45, 2.75) is 31.7 Å². The Morgan fingerprint density at radius 3 is 2.04 bits per heavy atom. The molecule has 0 bridgehead atoms. The first-order chi connectivity index (χ1) is 12.4. The van der Waals surface area contributed by atoms with Crippen molar-refractivity contribution in [3.63, 3.8) is 0 Å². The summed E-state index contributed by atoms with van der Waals surface area (Å²) in [4.78, 5) is 2.69. The van der Waals surface area contributed by atoms with Crippen molar-refractivity contribution in [3.05, 3.63) is 60.2 Å².